The Labute approximate surface area is 439 Å². The summed E-state index contributed by atoms with van der Waals surface area (Å²) in [6, 6.07) is 11.9. The fourth-order valence-corrected chi connectivity index (χ4v) is 11.2. The number of ether oxygens (including phenoxy) is 9. The number of aromatic amines is 1. The smallest absolute Gasteiger partial charge is 0.426 e. The van der Waals surface area contributed by atoms with Crippen molar-refractivity contribution in [3.05, 3.63) is 48.0 Å². The molecule has 0 radical (unpaired) electrons. The number of aromatic nitrogens is 2. The minimum atomic E-state index is -2.04. The van der Waals surface area contributed by atoms with Gasteiger partial charge < -0.3 is 67.8 Å². The first-order chi connectivity index (χ1) is 35.2. The second-order valence-corrected chi connectivity index (χ2v) is 21.6. The van der Waals surface area contributed by atoms with E-state index >= 15 is 0 Å². The Hall–Kier alpha value is -4.81. The standard InChI is InChI=1S/C54H81N5O16/c1-16-39-54(10,66)44(62)29(4)41(60)27(2)25-52(8,68-14)45(74-50-42(61)38(59(11)12)22-28(3)70-50)30(5)43(31(6)49(64)72-39)73-40-26-53(9,69-15)46(32(7)71-40)75-51(65)58-57-48(63)34-20-21-36-37(24-34)56-47(55-36)33-18-17-19-35(23-33)67-13/h17-21,23-24,27-32,38-40,42-46,50,61-62,66H,16,22,25-26H2,1-15H3,(H,55,56)(H,57,63)(H,58,65)/t27-,28-,29+,30+,31-,32+,38+,39-,40+,42-,43+,44-,45-,46+,50+,52+,53-,54-/m1/s1. The Morgan fingerprint density at radius 3 is 2.20 bits per heavy atom. The average molecular weight is 1060 g/mol. The highest BCUT2D eigenvalue weighted by atomic mass is 16.7. The minimum absolute atomic E-state index is 0.0421. The highest BCUT2D eigenvalue weighted by Crippen LogP contribution is 2.42. The molecule has 3 aliphatic heterocycles. The first-order valence-corrected chi connectivity index (χ1v) is 25.8. The number of amides is 2. The number of hydrazine groups is 1. The van der Waals surface area contributed by atoms with Crippen LogP contribution in [-0.4, -0.2) is 174 Å². The summed E-state index contributed by atoms with van der Waals surface area (Å²) in [5, 5.41) is 35.3. The molecule has 1 aromatic heterocycles. The summed E-state index contributed by atoms with van der Waals surface area (Å²) in [4.78, 5) is 65.3. The number of benzene rings is 2. The molecule has 6 rings (SSSR count). The number of rotatable bonds is 12. The van der Waals surface area contributed by atoms with Gasteiger partial charge in [0.05, 0.1) is 60.2 Å². The zero-order valence-corrected chi connectivity index (χ0v) is 46.1. The lowest BCUT2D eigenvalue weighted by atomic mass is 9.74. The van der Waals surface area contributed by atoms with Crippen molar-refractivity contribution in [1.29, 1.82) is 0 Å². The number of carbonyl (C=O) groups is 4. The number of aliphatic hydroxyl groups excluding tert-OH is 2. The van der Waals surface area contributed by atoms with Crippen LogP contribution < -0.4 is 15.6 Å². The van der Waals surface area contributed by atoms with E-state index in [1.165, 1.54) is 28.1 Å². The molecule has 4 heterocycles. The average Bonchev–Trinajstić information content (AvgIpc) is 3.82. The van der Waals surface area contributed by atoms with Gasteiger partial charge in [0, 0.05) is 55.6 Å². The van der Waals surface area contributed by atoms with Crippen molar-refractivity contribution in [3.63, 3.8) is 0 Å². The van der Waals surface area contributed by atoms with E-state index in [1.54, 1.807) is 73.8 Å². The van der Waals surface area contributed by atoms with Crippen LogP contribution in [0.3, 0.4) is 0 Å². The van der Waals surface area contributed by atoms with Crippen molar-refractivity contribution in [2.45, 2.75) is 179 Å². The molecule has 21 nitrogen and oxygen atoms in total. The van der Waals surface area contributed by atoms with E-state index in [9.17, 15) is 34.5 Å². The molecule has 3 aromatic rings. The molecule has 18 atom stereocenters. The third-order valence-electron chi connectivity index (χ3n) is 15.8. The lowest BCUT2D eigenvalue weighted by molar-refractivity contribution is -0.319. The molecule has 418 valence electrons. The number of carbonyl (C=O) groups excluding carboxylic acids is 4. The van der Waals surface area contributed by atoms with Gasteiger partial charge in [0.25, 0.3) is 5.91 Å². The second-order valence-electron chi connectivity index (χ2n) is 21.6. The van der Waals surface area contributed by atoms with Gasteiger partial charge >= 0.3 is 12.1 Å². The number of imidazole rings is 1. The van der Waals surface area contributed by atoms with Crippen LogP contribution in [-0.2, 0) is 47.5 Å². The fraction of sp³-hybridized carbons (Fsp3) is 0.685. The zero-order chi connectivity index (χ0) is 55.5. The van der Waals surface area contributed by atoms with Gasteiger partial charge in [-0.2, -0.15) is 0 Å². The molecule has 6 N–H and O–H groups in total. The molecule has 3 saturated heterocycles. The second kappa shape index (κ2) is 24.2. The summed E-state index contributed by atoms with van der Waals surface area (Å²) in [5.41, 5.74) is 2.27. The number of Topliss-reactive ketones (excluding diaryl/α,β-unsaturated/α-hetero) is 1. The molecule has 0 aliphatic carbocycles. The third kappa shape index (κ3) is 13.0. The Morgan fingerprint density at radius 2 is 1.56 bits per heavy atom. The maximum absolute atomic E-state index is 14.6. The number of aliphatic hydroxyl groups is 3. The van der Waals surface area contributed by atoms with Crippen molar-refractivity contribution < 1.29 is 77.1 Å². The summed E-state index contributed by atoms with van der Waals surface area (Å²) in [7, 11) is 8.22. The van der Waals surface area contributed by atoms with Gasteiger partial charge in [-0.05, 0) is 105 Å². The minimum Gasteiger partial charge on any atom is -0.497 e. The first-order valence-electron chi connectivity index (χ1n) is 25.8. The van der Waals surface area contributed by atoms with E-state index in [0.717, 1.165) is 5.56 Å². The van der Waals surface area contributed by atoms with Crippen LogP contribution in [0.1, 0.15) is 105 Å². The molecule has 75 heavy (non-hydrogen) atoms. The lowest BCUT2D eigenvalue weighted by Crippen LogP contribution is -2.62. The summed E-state index contributed by atoms with van der Waals surface area (Å²) < 4.78 is 56.3. The first kappa shape index (κ1) is 59.4. The number of likely N-dealkylation sites (N-methyl/N-ethyl adjacent to an activating group) is 1. The molecule has 3 fully saturated rings. The molecule has 2 aromatic carbocycles. The predicted octanol–water partition coefficient (Wildman–Crippen LogP) is 5.07. The van der Waals surface area contributed by atoms with E-state index in [4.69, 9.17) is 42.6 Å². The maximum atomic E-state index is 14.6. The molecule has 0 saturated carbocycles. The summed E-state index contributed by atoms with van der Waals surface area (Å²) in [6.07, 6.45) is -11.2. The summed E-state index contributed by atoms with van der Waals surface area (Å²) >= 11 is 0. The zero-order valence-electron chi connectivity index (χ0n) is 46.1. The number of nitrogens with one attached hydrogen (secondary N) is 3. The molecule has 3 aliphatic rings. The number of esters is 1. The van der Waals surface area contributed by atoms with Crippen LogP contribution in [0.5, 0.6) is 5.75 Å². The number of cyclic esters (lactones) is 1. The maximum Gasteiger partial charge on any atom is 0.426 e. The number of fused-ring (bicyclic) bond motifs is 1. The predicted molar refractivity (Wildman–Crippen MR) is 274 cm³/mol. The number of ketones is 1. The van der Waals surface area contributed by atoms with Crippen molar-refractivity contribution in [1.82, 2.24) is 25.7 Å². The van der Waals surface area contributed by atoms with Gasteiger partial charge in [-0.1, -0.05) is 39.8 Å². The third-order valence-corrected chi connectivity index (χ3v) is 15.8. The lowest BCUT2D eigenvalue weighted by Gasteiger charge is -2.50. The van der Waals surface area contributed by atoms with Crippen molar-refractivity contribution in [2.24, 2.45) is 23.7 Å². The van der Waals surface area contributed by atoms with Gasteiger partial charge in [0.15, 0.2) is 18.7 Å². The van der Waals surface area contributed by atoms with Crippen LogP contribution in [0, 0.1) is 23.7 Å². The Bertz CT molecular complexity index is 2450. The van der Waals surface area contributed by atoms with Crippen molar-refractivity contribution in [2.75, 3.05) is 35.4 Å². The monoisotopic (exact) mass is 1060 g/mol. The Balaban J connectivity index is 1.25. The van der Waals surface area contributed by atoms with Gasteiger partial charge in [-0.15, -0.1) is 0 Å². The number of H-pyrrole nitrogens is 1. The van der Waals surface area contributed by atoms with Crippen LogP contribution in [0.4, 0.5) is 4.79 Å². The van der Waals surface area contributed by atoms with Crippen molar-refractivity contribution in [3.8, 4) is 17.1 Å². The largest absolute Gasteiger partial charge is 0.497 e. The van der Waals surface area contributed by atoms with Gasteiger partial charge in [-0.25, -0.2) is 15.2 Å². The normalized spacial score (nSPS) is 37.3. The Kier molecular flexibility index (Phi) is 19.2. The fourth-order valence-electron chi connectivity index (χ4n) is 11.2. The van der Waals surface area contributed by atoms with Gasteiger partial charge in [0.2, 0.25) is 0 Å². The summed E-state index contributed by atoms with van der Waals surface area (Å²) in [5.74, 6) is -4.34. The van der Waals surface area contributed by atoms with E-state index in [-0.39, 0.29) is 42.8 Å². The molecule has 2 amide bonds. The highest BCUT2D eigenvalue weighted by Gasteiger charge is 2.55. The molecular formula is C54H81N5O16. The van der Waals surface area contributed by atoms with Gasteiger partial charge in [-0.3, -0.25) is 19.8 Å². The number of hydrogen-bond acceptors (Lipinski definition) is 18. The molecule has 21 heteroatoms. The molecule has 0 spiro atoms. The molecular weight excluding hydrogens is 975 g/mol. The van der Waals surface area contributed by atoms with E-state index in [0.29, 0.717) is 29.0 Å². The number of methoxy groups -OCH3 is 3. The molecule has 0 bridgehead atoms. The van der Waals surface area contributed by atoms with Crippen molar-refractivity contribution >= 4 is 34.8 Å². The van der Waals surface area contributed by atoms with Gasteiger partial charge in [0.1, 0.15) is 40.8 Å². The highest BCUT2D eigenvalue weighted by molar-refractivity contribution is 5.98. The van der Waals surface area contributed by atoms with Crippen LogP contribution in [0.2, 0.25) is 0 Å². The summed E-state index contributed by atoms with van der Waals surface area (Å²) in [6.45, 7) is 16.7. The van der Waals surface area contributed by atoms with E-state index < -0.39 is 114 Å². The van der Waals surface area contributed by atoms with Crippen LogP contribution in [0.15, 0.2) is 42.5 Å². The Morgan fingerprint density at radius 1 is 0.880 bits per heavy atom. The number of hydrogen-bond donors (Lipinski definition) is 6. The van der Waals surface area contributed by atoms with Crippen LogP contribution in [0.25, 0.3) is 22.4 Å². The topological polar surface area (TPSA) is 268 Å². The molecule has 0 unspecified atom stereocenters. The van der Waals surface area contributed by atoms with E-state index in [2.05, 4.69) is 20.8 Å². The number of nitrogens with zero attached hydrogens (tertiary/aromatic N) is 2. The SMILES string of the molecule is CC[C@H]1OC(=O)[C@H](C)[C@@H](O[C@H]2C[C@@](C)(OC)[C@@H](OC(=O)NNC(=O)c3ccc4nc(-c5cccc(OC)c5)[nH]c4c3)[C@H](C)O2)[C@H](C)[C@@H](O[C@@H]2O[C@H](C)C[C@H](N(C)C)[C@H]2O)[C@@](C)(OC)C[C@@H](C)C(=O)[C@H](C)[C@@H](O)[C@]1(C)O. The van der Waals surface area contributed by atoms with Crippen LogP contribution >= 0.6 is 0 Å². The quantitative estimate of drug-likeness (QED) is 0.102. The van der Waals surface area contributed by atoms with E-state index in [1.807, 2.05) is 50.2 Å².